The number of hydrogen-bond donors (Lipinski definition) is 1. The molecule has 2 heterocycles. The van der Waals surface area contributed by atoms with Crippen LogP contribution in [0.15, 0.2) is 55.0 Å². The molecule has 23 heavy (non-hydrogen) atoms. The Balaban J connectivity index is 2.15. The molecule has 2 aromatic heterocycles. The third kappa shape index (κ3) is 3.37. The van der Waals surface area contributed by atoms with Gasteiger partial charge in [-0.15, -0.1) is 0 Å². The maximum atomic E-state index is 13.2. The van der Waals surface area contributed by atoms with Crippen LogP contribution in [0.4, 0.5) is 10.3 Å². The summed E-state index contributed by atoms with van der Waals surface area (Å²) in [5.41, 5.74) is 2.99. The van der Waals surface area contributed by atoms with E-state index < -0.39 is 0 Å². The molecule has 3 rings (SSSR count). The van der Waals surface area contributed by atoms with Crippen molar-refractivity contribution in [2.75, 3.05) is 5.32 Å². The van der Waals surface area contributed by atoms with Crippen molar-refractivity contribution in [2.24, 2.45) is 0 Å². The van der Waals surface area contributed by atoms with E-state index in [1.807, 2.05) is 12.1 Å². The van der Waals surface area contributed by atoms with Crippen LogP contribution in [-0.2, 0) is 4.79 Å². The van der Waals surface area contributed by atoms with Crippen LogP contribution in [0.3, 0.4) is 0 Å². The maximum absolute atomic E-state index is 13.2. The third-order valence-electron chi connectivity index (χ3n) is 3.19. The average Bonchev–Trinajstić information content (AvgIpc) is 2.56. The zero-order valence-corrected chi connectivity index (χ0v) is 12.3. The van der Waals surface area contributed by atoms with Crippen molar-refractivity contribution in [1.82, 2.24) is 15.0 Å². The molecule has 0 atom stereocenters. The number of carbonyl (C=O) groups excluding carboxylic acids is 1. The monoisotopic (exact) mass is 308 g/mol. The number of nitrogens with zero attached hydrogens (tertiary/aromatic N) is 3. The standard InChI is InChI=1S/C17H13FN4O/c1-11(23)21-17-20-10-15(12-6-8-19-9-7-12)16(22-17)13-2-4-14(18)5-3-13/h2-10H,1H3,(H,20,21,22,23). The highest BCUT2D eigenvalue weighted by Crippen LogP contribution is 2.30. The second kappa shape index (κ2) is 6.31. The zero-order valence-electron chi connectivity index (χ0n) is 12.3. The SMILES string of the molecule is CC(=O)Nc1ncc(-c2ccncc2)c(-c2ccc(F)cc2)n1. The molecular weight excluding hydrogens is 295 g/mol. The van der Waals surface area contributed by atoms with Gasteiger partial charge in [0.1, 0.15) is 5.82 Å². The van der Waals surface area contributed by atoms with E-state index in [-0.39, 0.29) is 17.7 Å². The Morgan fingerprint density at radius 3 is 2.39 bits per heavy atom. The predicted molar refractivity (Wildman–Crippen MR) is 85.0 cm³/mol. The van der Waals surface area contributed by atoms with Gasteiger partial charge >= 0.3 is 0 Å². The smallest absolute Gasteiger partial charge is 0.229 e. The second-order valence-corrected chi connectivity index (χ2v) is 4.88. The van der Waals surface area contributed by atoms with E-state index in [2.05, 4.69) is 20.3 Å². The van der Waals surface area contributed by atoms with Crippen LogP contribution in [0.5, 0.6) is 0 Å². The minimum atomic E-state index is -0.324. The highest BCUT2D eigenvalue weighted by molar-refractivity contribution is 5.88. The first kappa shape index (κ1) is 14.8. The third-order valence-corrected chi connectivity index (χ3v) is 3.19. The van der Waals surface area contributed by atoms with Gasteiger partial charge < -0.3 is 0 Å². The summed E-state index contributed by atoms with van der Waals surface area (Å²) in [4.78, 5) is 23.8. The first-order valence-electron chi connectivity index (χ1n) is 6.94. The Hall–Kier alpha value is -3.15. The van der Waals surface area contributed by atoms with E-state index in [4.69, 9.17) is 0 Å². The summed E-state index contributed by atoms with van der Waals surface area (Å²) < 4.78 is 13.2. The van der Waals surface area contributed by atoms with Crippen LogP contribution >= 0.6 is 0 Å². The fourth-order valence-electron chi connectivity index (χ4n) is 2.17. The fraction of sp³-hybridized carbons (Fsp3) is 0.0588. The van der Waals surface area contributed by atoms with Crippen molar-refractivity contribution in [3.8, 4) is 22.4 Å². The number of aromatic nitrogens is 3. The van der Waals surface area contributed by atoms with E-state index >= 15 is 0 Å². The van der Waals surface area contributed by atoms with Gasteiger partial charge in [0.05, 0.1) is 5.69 Å². The molecule has 0 aliphatic carbocycles. The Labute approximate surface area is 132 Å². The van der Waals surface area contributed by atoms with Gasteiger partial charge in [0, 0.05) is 36.6 Å². The van der Waals surface area contributed by atoms with Gasteiger partial charge in [-0.1, -0.05) is 0 Å². The number of halogens is 1. The molecule has 0 saturated heterocycles. The fourth-order valence-corrected chi connectivity index (χ4v) is 2.17. The van der Waals surface area contributed by atoms with Crippen molar-refractivity contribution in [3.05, 3.63) is 60.8 Å². The number of rotatable bonds is 3. The number of nitrogens with one attached hydrogen (secondary N) is 1. The number of carbonyl (C=O) groups is 1. The quantitative estimate of drug-likeness (QED) is 0.806. The lowest BCUT2D eigenvalue weighted by atomic mass is 10.0. The van der Waals surface area contributed by atoms with Gasteiger partial charge in [-0.25, -0.2) is 14.4 Å². The first-order valence-corrected chi connectivity index (χ1v) is 6.94. The largest absolute Gasteiger partial charge is 0.295 e. The molecule has 5 nitrogen and oxygen atoms in total. The lowest BCUT2D eigenvalue weighted by Crippen LogP contribution is -2.10. The lowest BCUT2D eigenvalue weighted by molar-refractivity contribution is -0.114. The second-order valence-electron chi connectivity index (χ2n) is 4.88. The molecule has 0 aliphatic rings. The van der Waals surface area contributed by atoms with Crippen LogP contribution in [0.25, 0.3) is 22.4 Å². The van der Waals surface area contributed by atoms with E-state index in [0.717, 1.165) is 16.7 Å². The molecule has 1 aromatic carbocycles. The maximum Gasteiger partial charge on any atom is 0.229 e. The predicted octanol–water partition coefficient (Wildman–Crippen LogP) is 3.30. The topological polar surface area (TPSA) is 67.8 Å². The van der Waals surface area contributed by atoms with Gasteiger partial charge in [-0.05, 0) is 42.0 Å². The molecule has 114 valence electrons. The van der Waals surface area contributed by atoms with Gasteiger partial charge in [0.25, 0.3) is 0 Å². The average molecular weight is 308 g/mol. The summed E-state index contributed by atoms with van der Waals surface area (Å²) in [5.74, 6) is -0.378. The van der Waals surface area contributed by atoms with E-state index in [9.17, 15) is 9.18 Å². The Morgan fingerprint density at radius 2 is 1.74 bits per heavy atom. The minimum absolute atomic E-state index is 0.203. The number of amides is 1. The number of hydrogen-bond acceptors (Lipinski definition) is 4. The van der Waals surface area contributed by atoms with Crippen molar-refractivity contribution in [3.63, 3.8) is 0 Å². The highest BCUT2D eigenvalue weighted by atomic mass is 19.1. The van der Waals surface area contributed by atoms with Crippen LogP contribution in [0, 0.1) is 5.82 Å². The molecule has 0 spiro atoms. The molecular formula is C17H13FN4O. The number of pyridine rings is 1. The summed E-state index contributed by atoms with van der Waals surface area (Å²) in [7, 11) is 0. The summed E-state index contributed by atoms with van der Waals surface area (Å²) in [6.45, 7) is 1.39. The van der Waals surface area contributed by atoms with Crippen LogP contribution in [-0.4, -0.2) is 20.9 Å². The van der Waals surface area contributed by atoms with Crippen LogP contribution in [0.1, 0.15) is 6.92 Å². The molecule has 0 aliphatic heterocycles. The van der Waals surface area contributed by atoms with Gasteiger partial charge in [-0.2, -0.15) is 0 Å². The Bertz CT molecular complexity index is 835. The summed E-state index contributed by atoms with van der Waals surface area (Å²) in [6, 6.07) is 9.69. The Kier molecular flexibility index (Phi) is 4.05. The Morgan fingerprint density at radius 1 is 1.04 bits per heavy atom. The van der Waals surface area contributed by atoms with E-state index in [0.29, 0.717) is 5.69 Å². The summed E-state index contributed by atoms with van der Waals surface area (Å²) in [6.07, 6.45) is 4.98. The number of anilines is 1. The molecule has 3 aromatic rings. The highest BCUT2D eigenvalue weighted by Gasteiger charge is 2.12. The molecule has 0 fully saturated rings. The van der Waals surface area contributed by atoms with Gasteiger partial charge in [0.15, 0.2) is 0 Å². The molecule has 1 amide bonds. The molecule has 6 heteroatoms. The molecule has 1 N–H and O–H groups in total. The van der Waals surface area contributed by atoms with Crippen molar-refractivity contribution in [2.45, 2.75) is 6.92 Å². The lowest BCUT2D eigenvalue weighted by Gasteiger charge is -2.11. The van der Waals surface area contributed by atoms with Crippen molar-refractivity contribution >= 4 is 11.9 Å². The molecule has 0 bridgehead atoms. The molecule has 0 radical (unpaired) electrons. The molecule has 0 unspecified atom stereocenters. The van der Waals surface area contributed by atoms with Crippen LogP contribution in [0.2, 0.25) is 0 Å². The zero-order chi connectivity index (χ0) is 16.2. The minimum Gasteiger partial charge on any atom is -0.295 e. The first-order chi connectivity index (χ1) is 11.1. The summed E-state index contributed by atoms with van der Waals surface area (Å²) >= 11 is 0. The summed E-state index contributed by atoms with van der Waals surface area (Å²) in [5, 5.41) is 2.56. The number of benzene rings is 1. The van der Waals surface area contributed by atoms with Crippen LogP contribution < -0.4 is 5.32 Å². The van der Waals surface area contributed by atoms with Crippen molar-refractivity contribution in [1.29, 1.82) is 0 Å². The van der Waals surface area contributed by atoms with E-state index in [1.54, 1.807) is 30.7 Å². The van der Waals surface area contributed by atoms with Gasteiger partial charge in [0.2, 0.25) is 11.9 Å². The van der Waals surface area contributed by atoms with Gasteiger partial charge in [-0.3, -0.25) is 15.1 Å². The van der Waals surface area contributed by atoms with E-state index in [1.165, 1.54) is 19.1 Å². The van der Waals surface area contributed by atoms with Crippen molar-refractivity contribution < 1.29 is 9.18 Å². The normalized spacial score (nSPS) is 10.3. The molecule has 0 saturated carbocycles.